The molecular formula is C17H24N2. The van der Waals surface area contributed by atoms with Crippen LogP contribution in [0, 0.1) is 11.8 Å². The maximum Gasteiger partial charge on any atom is 0.0400 e. The molecule has 0 spiro atoms. The van der Waals surface area contributed by atoms with E-state index in [0.717, 1.165) is 17.9 Å². The monoisotopic (exact) mass is 256 g/mol. The highest BCUT2D eigenvalue weighted by molar-refractivity contribution is 5.43. The molecule has 2 nitrogen and oxygen atoms in total. The van der Waals surface area contributed by atoms with E-state index in [1.165, 1.54) is 50.9 Å². The zero-order valence-electron chi connectivity index (χ0n) is 11.6. The molecule has 2 aliphatic carbocycles. The molecule has 1 aromatic rings. The van der Waals surface area contributed by atoms with E-state index in [0.29, 0.717) is 6.04 Å². The van der Waals surface area contributed by atoms with E-state index in [1.807, 2.05) is 0 Å². The van der Waals surface area contributed by atoms with Gasteiger partial charge in [0, 0.05) is 30.9 Å². The van der Waals surface area contributed by atoms with Gasteiger partial charge < -0.3 is 5.32 Å². The summed E-state index contributed by atoms with van der Waals surface area (Å²) in [5.41, 5.74) is 1.28. The normalized spacial score (nSPS) is 37.9. The predicted octanol–water partition coefficient (Wildman–Crippen LogP) is 3.36. The minimum Gasteiger partial charge on any atom is -0.381 e. The van der Waals surface area contributed by atoms with E-state index < -0.39 is 0 Å². The Balaban J connectivity index is 1.36. The van der Waals surface area contributed by atoms with Crippen LogP contribution in [-0.2, 0) is 0 Å². The Morgan fingerprint density at radius 2 is 1.89 bits per heavy atom. The van der Waals surface area contributed by atoms with E-state index in [1.54, 1.807) is 0 Å². The van der Waals surface area contributed by atoms with E-state index in [-0.39, 0.29) is 0 Å². The summed E-state index contributed by atoms with van der Waals surface area (Å²) in [5, 5.41) is 3.70. The summed E-state index contributed by atoms with van der Waals surface area (Å²) < 4.78 is 0. The lowest BCUT2D eigenvalue weighted by atomic mass is 9.94. The first kappa shape index (κ1) is 11.8. The van der Waals surface area contributed by atoms with Gasteiger partial charge in [-0.25, -0.2) is 0 Å². The number of nitrogens with one attached hydrogen (secondary N) is 1. The van der Waals surface area contributed by atoms with Gasteiger partial charge in [-0.1, -0.05) is 24.6 Å². The highest BCUT2D eigenvalue weighted by Crippen LogP contribution is 2.47. The molecular weight excluding hydrogens is 232 g/mol. The van der Waals surface area contributed by atoms with Crippen LogP contribution in [0.4, 0.5) is 5.69 Å². The molecule has 0 radical (unpaired) electrons. The number of fused-ring (bicyclic) bond motifs is 2. The van der Waals surface area contributed by atoms with Crippen molar-refractivity contribution >= 4 is 5.69 Å². The smallest absolute Gasteiger partial charge is 0.0400 e. The number of hydrogen-bond donors (Lipinski definition) is 1. The average Bonchev–Trinajstić information content (AvgIpc) is 3.15. The van der Waals surface area contributed by atoms with Crippen LogP contribution < -0.4 is 5.32 Å². The van der Waals surface area contributed by atoms with Crippen molar-refractivity contribution in [3.8, 4) is 0 Å². The van der Waals surface area contributed by atoms with Gasteiger partial charge >= 0.3 is 0 Å². The molecule has 1 aromatic carbocycles. The quantitative estimate of drug-likeness (QED) is 0.892. The van der Waals surface area contributed by atoms with Crippen molar-refractivity contribution in [1.29, 1.82) is 0 Å². The second-order valence-corrected chi connectivity index (χ2v) is 6.73. The molecule has 0 aromatic heterocycles. The fraction of sp³-hybridized carbons (Fsp3) is 0.647. The average molecular weight is 256 g/mol. The first-order valence-corrected chi connectivity index (χ1v) is 7.94. The summed E-state index contributed by atoms with van der Waals surface area (Å²) in [5.74, 6) is 2.09. The van der Waals surface area contributed by atoms with Crippen molar-refractivity contribution in [2.24, 2.45) is 11.8 Å². The second kappa shape index (κ2) is 4.82. The summed E-state index contributed by atoms with van der Waals surface area (Å²) in [4.78, 5) is 2.78. The zero-order chi connectivity index (χ0) is 12.7. The van der Waals surface area contributed by atoms with Crippen LogP contribution in [0.25, 0.3) is 0 Å². The van der Waals surface area contributed by atoms with E-state index in [9.17, 15) is 0 Å². The molecule has 2 saturated carbocycles. The first-order chi connectivity index (χ1) is 9.38. The topological polar surface area (TPSA) is 15.3 Å². The molecule has 4 rings (SSSR count). The van der Waals surface area contributed by atoms with Crippen LogP contribution in [-0.4, -0.2) is 30.1 Å². The van der Waals surface area contributed by atoms with Gasteiger partial charge in [0.25, 0.3) is 0 Å². The van der Waals surface area contributed by atoms with Gasteiger partial charge in [-0.2, -0.15) is 0 Å². The molecule has 1 heterocycles. The molecule has 1 N–H and O–H groups in total. The van der Waals surface area contributed by atoms with E-state index >= 15 is 0 Å². The van der Waals surface area contributed by atoms with Gasteiger partial charge in [0.1, 0.15) is 0 Å². The Morgan fingerprint density at radius 3 is 2.63 bits per heavy atom. The molecule has 2 bridgehead atoms. The number of rotatable bonds is 3. The van der Waals surface area contributed by atoms with Crippen molar-refractivity contribution in [3.63, 3.8) is 0 Å². The number of nitrogens with zero attached hydrogens (tertiary/aromatic N) is 1. The first-order valence-electron chi connectivity index (χ1n) is 7.94. The Bertz CT molecular complexity index is 430. The summed E-state index contributed by atoms with van der Waals surface area (Å²) in [7, 11) is 0. The zero-order valence-corrected chi connectivity index (χ0v) is 11.6. The lowest BCUT2D eigenvalue weighted by Crippen LogP contribution is -2.38. The molecule has 2 heteroatoms. The molecule has 0 unspecified atom stereocenters. The fourth-order valence-electron chi connectivity index (χ4n) is 4.63. The molecule has 1 aliphatic heterocycles. The third-order valence-corrected chi connectivity index (χ3v) is 5.53. The third-order valence-electron chi connectivity index (χ3n) is 5.53. The second-order valence-electron chi connectivity index (χ2n) is 6.73. The van der Waals surface area contributed by atoms with Crippen LogP contribution in [0.15, 0.2) is 30.3 Å². The highest BCUT2D eigenvalue weighted by atomic mass is 15.2. The number of benzene rings is 1. The third kappa shape index (κ3) is 2.27. The lowest BCUT2D eigenvalue weighted by Gasteiger charge is -2.31. The summed E-state index contributed by atoms with van der Waals surface area (Å²) in [6, 6.07) is 12.3. The largest absolute Gasteiger partial charge is 0.381 e. The Kier molecular flexibility index (Phi) is 2.99. The number of hydrogen-bond acceptors (Lipinski definition) is 2. The van der Waals surface area contributed by atoms with Gasteiger partial charge in [-0.15, -0.1) is 0 Å². The Labute approximate surface area is 116 Å². The minimum absolute atomic E-state index is 0.654. The molecule has 1 saturated heterocycles. The summed E-state index contributed by atoms with van der Waals surface area (Å²) in [6.45, 7) is 2.56. The molecule has 4 atom stereocenters. The van der Waals surface area contributed by atoms with Crippen LogP contribution in [0.2, 0.25) is 0 Å². The van der Waals surface area contributed by atoms with Gasteiger partial charge in [-0.05, 0) is 49.7 Å². The standard InChI is InChI=1S/C17H24N2/c1-2-4-15(5-3-1)18-16-8-9-19(12-16)17-11-13-6-7-14(17)10-13/h1-5,13-14,16-18H,6-12H2/t13-,14-,16-,17-/m0/s1. The number of likely N-dealkylation sites (tertiary alicyclic amines) is 1. The van der Waals surface area contributed by atoms with Gasteiger partial charge in [-0.3, -0.25) is 4.90 Å². The van der Waals surface area contributed by atoms with Crippen LogP contribution in [0.3, 0.4) is 0 Å². The van der Waals surface area contributed by atoms with Gasteiger partial charge in [0.2, 0.25) is 0 Å². The van der Waals surface area contributed by atoms with Crippen molar-refractivity contribution < 1.29 is 0 Å². The SMILES string of the molecule is c1ccc(N[C@H]2CCN([C@H]3C[C@H]4CC[C@H]3C4)C2)cc1. The predicted molar refractivity (Wildman–Crippen MR) is 79.3 cm³/mol. The maximum atomic E-state index is 3.70. The van der Waals surface area contributed by atoms with Gasteiger partial charge in [0.05, 0.1) is 0 Å². The molecule has 3 aliphatic rings. The Morgan fingerprint density at radius 1 is 1.00 bits per heavy atom. The number of anilines is 1. The van der Waals surface area contributed by atoms with Crippen LogP contribution in [0.5, 0.6) is 0 Å². The summed E-state index contributed by atoms with van der Waals surface area (Å²) in [6.07, 6.45) is 7.34. The lowest BCUT2D eigenvalue weighted by molar-refractivity contribution is 0.174. The van der Waals surface area contributed by atoms with E-state index in [2.05, 4.69) is 40.5 Å². The minimum atomic E-state index is 0.654. The van der Waals surface area contributed by atoms with Crippen molar-refractivity contribution in [1.82, 2.24) is 4.90 Å². The summed E-state index contributed by atoms with van der Waals surface area (Å²) >= 11 is 0. The maximum absolute atomic E-state index is 3.70. The molecule has 102 valence electrons. The molecule has 3 fully saturated rings. The Hall–Kier alpha value is -1.02. The van der Waals surface area contributed by atoms with E-state index in [4.69, 9.17) is 0 Å². The van der Waals surface area contributed by atoms with Crippen LogP contribution in [0.1, 0.15) is 32.1 Å². The van der Waals surface area contributed by atoms with Crippen molar-refractivity contribution in [2.75, 3.05) is 18.4 Å². The van der Waals surface area contributed by atoms with Crippen molar-refractivity contribution in [3.05, 3.63) is 30.3 Å². The molecule has 19 heavy (non-hydrogen) atoms. The van der Waals surface area contributed by atoms with Gasteiger partial charge in [0.15, 0.2) is 0 Å². The number of para-hydroxylation sites is 1. The molecule has 0 amide bonds. The van der Waals surface area contributed by atoms with Crippen LogP contribution >= 0.6 is 0 Å². The highest BCUT2D eigenvalue weighted by Gasteiger charge is 2.43. The van der Waals surface area contributed by atoms with Crippen molar-refractivity contribution in [2.45, 2.75) is 44.2 Å². The fourth-order valence-corrected chi connectivity index (χ4v) is 4.63.